The number of aryl methyl sites for hydroxylation is 1. The van der Waals surface area contributed by atoms with Gasteiger partial charge in [-0.2, -0.15) is 0 Å². The SMILES string of the molecule is CCCOc1ccc2c(ccn2CCC2CC2)c1. The van der Waals surface area contributed by atoms with Gasteiger partial charge < -0.3 is 9.30 Å². The van der Waals surface area contributed by atoms with Crippen LogP contribution in [0.15, 0.2) is 30.5 Å². The second kappa shape index (κ2) is 5.05. The Morgan fingerprint density at radius 1 is 1.28 bits per heavy atom. The molecular formula is C16H21NO. The zero-order valence-electron chi connectivity index (χ0n) is 11.1. The Morgan fingerprint density at radius 3 is 2.94 bits per heavy atom. The van der Waals surface area contributed by atoms with Gasteiger partial charge in [-0.25, -0.2) is 0 Å². The Hall–Kier alpha value is -1.44. The van der Waals surface area contributed by atoms with Crippen LogP contribution in [-0.2, 0) is 6.54 Å². The van der Waals surface area contributed by atoms with Crippen molar-refractivity contribution in [3.8, 4) is 5.75 Å². The molecular weight excluding hydrogens is 222 g/mol. The topological polar surface area (TPSA) is 14.2 Å². The lowest BCUT2D eigenvalue weighted by Gasteiger charge is -2.07. The molecule has 0 saturated heterocycles. The average molecular weight is 243 g/mol. The number of rotatable bonds is 6. The monoisotopic (exact) mass is 243 g/mol. The summed E-state index contributed by atoms with van der Waals surface area (Å²) in [5, 5.41) is 1.29. The highest BCUT2D eigenvalue weighted by molar-refractivity contribution is 5.81. The molecule has 1 aliphatic carbocycles. The highest BCUT2D eigenvalue weighted by atomic mass is 16.5. The Labute approximate surface area is 109 Å². The normalized spacial score (nSPS) is 15.2. The number of benzene rings is 1. The number of aromatic nitrogens is 1. The van der Waals surface area contributed by atoms with E-state index in [2.05, 4.69) is 42.0 Å². The number of fused-ring (bicyclic) bond motifs is 1. The summed E-state index contributed by atoms with van der Waals surface area (Å²) in [5.41, 5.74) is 1.33. The second-order valence-electron chi connectivity index (χ2n) is 5.31. The molecule has 0 spiro atoms. The molecule has 0 amide bonds. The molecule has 2 aromatic rings. The average Bonchev–Trinajstić information content (AvgIpc) is 3.14. The maximum absolute atomic E-state index is 5.67. The van der Waals surface area contributed by atoms with Crippen molar-refractivity contribution < 1.29 is 4.74 Å². The van der Waals surface area contributed by atoms with E-state index in [9.17, 15) is 0 Å². The highest BCUT2D eigenvalue weighted by Gasteiger charge is 2.20. The Bertz CT molecular complexity index is 525. The molecule has 1 aromatic heterocycles. The first kappa shape index (κ1) is 11.6. The second-order valence-corrected chi connectivity index (χ2v) is 5.31. The van der Waals surface area contributed by atoms with Crippen LogP contribution in [0.25, 0.3) is 10.9 Å². The molecule has 1 fully saturated rings. The van der Waals surface area contributed by atoms with E-state index in [4.69, 9.17) is 4.74 Å². The Kier molecular flexibility index (Phi) is 3.26. The van der Waals surface area contributed by atoms with E-state index in [1.807, 2.05) is 0 Å². The third-order valence-electron chi connectivity index (χ3n) is 3.69. The third kappa shape index (κ3) is 2.53. The zero-order valence-corrected chi connectivity index (χ0v) is 11.1. The predicted molar refractivity (Wildman–Crippen MR) is 75.1 cm³/mol. The molecule has 1 heterocycles. The smallest absolute Gasteiger partial charge is 0.120 e. The van der Waals surface area contributed by atoms with Crippen LogP contribution in [0, 0.1) is 5.92 Å². The van der Waals surface area contributed by atoms with Gasteiger partial charge in [-0.15, -0.1) is 0 Å². The van der Waals surface area contributed by atoms with Crippen molar-refractivity contribution >= 4 is 10.9 Å². The van der Waals surface area contributed by atoms with Gasteiger partial charge in [0.2, 0.25) is 0 Å². The van der Waals surface area contributed by atoms with E-state index in [1.165, 1.54) is 30.2 Å². The van der Waals surface area contributed by atoms with Crippen molar-refractivity contribution in [2.75, 3.05) is 6.61 Å². The lowest BCUT2D eigenvalue weighted by Crippen LogP contribution is -1.97. The van der Waals surface area contributed by atoms with Crippen LogP contribution in [0.5, 0.6) is 5.75 Å². The van der Waals surface area contributed by atoms with Crippen LogP contribution in [0.4, 0.5) is 0 Å². The number of nitrogens with zero attached hydrogens (tertiary/aromatic N) is 1. The molecule has 96 valence electrons. The largest absolute Gasteiger partial charge is 0.494 e. The molecule has 0 aliphatic heterocycles. The van der Waals surface area contributed by atoms with E-state index in [0.29, 0.717) is 0 Å². The first-order valence-electron chi connectivity index (χ1n) is 7.08. The van der Waals surface area contributed by atoms with Gasteiger partial charge in [0.1, 0.15) is 5.75 Å². The van der Waals surface area contributed by atoms with Gasteiger partial charge in [-0.1, -0.05) is 19.8 Å². The van der Waals surface area contributed by atoms with Crippen molar-refractivity contribution in [3.05, 3.63) is 30.5 Å². The predicted octanol–water partition coefficient (Wildman–Crippen LogP) is 4.23. The van der Waals surface area contributed by atoms with E-state index in [1.54, 1.807) is 0 Å². The van der Waals surface area contributed by atoms with Crippen LogP contribution in [0.2, 0.25) is 0 Å². The fraction of sp³-hybridized carbons (Fsp3) is 0.500. The van der Waals surface area contributed by atoms with Gasteiger partial charge in [0.25, 0.3) is 0 Å². The summed E-state index contributed by atoms with van der Waals surface area (Å²) >= 11 is 0. The van der Waals surface area contributed by atoms with Gasteiger partial charge in [-0.3, -0.25) is 0 Å². The summed E-state index contributed by atoms with van der Waals surface area (Å²) < 4.78 is 8.04. The van der Waals surface area contributed by atoms with Crippen molar-refractivity contribution in [1.82, 2.24) is 4.57 Å². The summed E-state index contributed by atoms with van der Waals surface area (Å²) in [4.78, 5) is 0. The lowest BCUT2D eigenvalue weighted by atomic mass is 10.2. The zero-order chi connectivity index (χ0) is 12.4. The van der Waals surface area contributed by atoms with Crippen molar-refractivity contribution in [1.29, 1.82) is 0 Å². The highest BCUT2D eigenvalue weighted by Crippen LogP contribution is 2.33. The minimum absolute atomic E-state index is 0.799. The fourth-order valence-corrected chi connectivity index (χ4v) is 2.41. The minimum Gasteiger partial charge on any atom is -0.494 e. The summed E-state index contributed by atoms with van der Waals surface area (Å²) in [6.07, 6.45) is 7.47. The van der Waals surface area contributed by atoms with Gasteiger partial charge in [0, 0.05) is 23.6 Å². The van der Waals surface area contributed by atoms with E-state index >= 15 is 0 Å². The van der Waals surface area contributed by atoms with E-state index in [-0.39, 0.29) is 0 Å². The van der Waals surface area contributed by atoms with Crippen LogP contribution in [-0.4, -0.2) is 11.2 Å². The lowest BCUT2D eigenvalue weighted by molar-refractivity contribution is 0.318. The molecule has 3 rings (SSSR count). The van der Waals surface area contributed by atoms with Gasteiger partial charge in [0.05, 0.1) is 6.61 Å². The molecule has 0 atom stereocenters. The standard InChI is InChI=1S/C16H21NO/c1-2-11-18-15-5-6-16-14(12-15)8-10-17(16)9-7-13-3-4-13/h5-6,8,10,12-13H,2-4,7,9,11H2,1H3. The Morgan fingerprint density at radius 2 is 2.17 bits per heavy atom. The number of ether oxygens (including phenoxy) is 1. The van der Waals surface area contributed by atoms with Crippen molar-refractivity contribution in [2.45, 2.75) is 39.2 Å². The Balaban J connectivity index is 1.75. The summed E-state index contributed by atoms with van der Waals surface area (Å²) in [5.74, 6) is 1.99. The summed E-state index contributed by atoms with van der Waals surface area (Å²) in [6, 6.07) is 8.62. The molecule has 0 bridgehead atoms. The van der Waals surface area contributed by atoms with Crippen molar-refractivity contribution in [2.24, 2.45) is 5.92 Å². The van der Waals surface area contributed by atoms with Gasteiger partial charge in [-0.05, 0) is 43.0 Å². The molecule has 0 N–H and O–H groups in total. The molecule has 1 saturated carbocycles. The molecule has 2 heteroatoms. The third-order valence-corrected chi connectivity index (χ3v) is 3.69. The first-order chi connectivity index (χ1) is 8.86. The summed E-state index contributed by atoms with van der Waals surface area (Å²) in [6.45, 7) is 4.09. The van der Waals surface area contributed by atoms with Gasteiger partial charge >= 0.3 is 0 Å². The van der Waals surface area contributed by atoms with E-state index < -0.39 is 0 Å². The number of hydrogen-bond donors (Lipinski definition) is 0. The molecule has 18 heavy (non-hydrogen) atoms. The quantitative estimate of drug-likeness (QED) is 0.740. The maximum atomic E-state index is 5.67. The first-order valence-corrected chi connectivity index (χ1v) is 7.08. The molecule has 1 aromatic carbocycles. The summed E-state index contributed by atoms with van der Waals surface area (Å²) in [7, 11) is 0. The van der Waals surface area contributed by atoms with Crippen molar-refractivity contribution in [3.63, 3.8) is 0 Å². The van der Waals surface area contributed by atoms with E-state index in [0.717, 1.165) is 31.2 Å². The molecule has 0 unspecified atom stereocenters. The van der Waals surface area contributed by atoms with Crippen LogP contribution >= 0.6 is 0 Å². The maximum Gasteiger partial charge on any atom is 0.120 e. The molecule has 0 radical (unpaired) electrons. The van der Waals surface area contributed by atoms with Crippen LogP contribution in [0.1, 0.15) is 32.6 Å². The minimum atomic E-state index is 0.799. The molecule has 1 aliphatic rings. The fourth-order valence-electron chi connectivity index (χ4n) is 2.41. The number of hydrogen-bond acceptors (Lipinski definition) is 1. The molecule has 2 nitrogen and oxygen atoms in total. The van der Waals surface area contributed by atoms with Crippen LogP contribution in [0.3, 0.4) is 0 Å². The van der Waals surface area contributed by atoms with Crippen LogP contribution < -0.4 is 4.74 Å². The van der Waals surface area contributed by atoms with Gasteiger partial charge in [0.15, 0.2) is 0 Å².